The first kappa shape index (κ1) is 14.2. The minimum absolute atomic E-state index is 0.0622. The van der Waals surface area contributed by atoms with Crippen LogP contribution in [0.1, 0.15) is 0 Å². The van der Waals surface area contributed by atoms with Crippen molar-refractivity contribution in [3.8, 4) is 0 Å². The third-order valence-electron chi connectivity index (χ3n) is 2.04. The summed E-state index contributed by atoms with van der Waals surface area (Å²) >= 11 is 0. The largest absolute Gasteiger partial charge is 0.383 e. The van der Waals surface area contributed by atoms with Crippen molar-refractivity contribution in [2.24, 2.45) is 0 Å². The molecule has 1 N–H and O–H groups in total. The normalized spacial score (nSPS) is 11.5. The Labute approximate surface area is 101 Å². The fourth-order valence-corrected chi connectivity index (χ4v) is 1.16. The number of rotatable bonds is 4. The maximum Gasteiger partial charge on any atom is 0.383 e. The quantitative estimate of drug-likeness (QED) is 0.847. The van der Waals surface area contributed by atoms with Crippen LogP contribution in [0.5, 0.6) is 0 Å². The van der Waals surface area contributed by atoms with Crippen LogP contribution in [0.15, 0.2) is 18.3 Å². The zero-order valence-electron chi connectivity index (χ0n) is 9.62. The molecule has 1 rings (SSSR count). The number of halogens is 4. The van der Waals surface area contributed by atoms with E-state index in [9.17, 15) is 22.4 Å². The van der Waals surface area contributed by atoms with Gasteiger partial charge in [0.1, 0.15) is 0 Å². The Morgan fingerprint density at radius 2 is 2.06 bits per heavy atom. The number of hydrogen-bond acceptors (Lipinski definition) is 3. The first-order chi connectivity index (χ1) is 8.26. The van der Waals surface area contributed by atoms with Gasteiger partial charge >= 0.3 is 18.3 Å². The van der Waals surface area contributed by atoms with Gasteiger partial charge < -0.3 is 10.2 Å². The van der Waals surface area contributed by atoms with E-state index in [0.717, 1.165) is 0 Å². The van der Waals surface area contributed by atoms with Crippen LogP contribution in [0.2, 0.25) is 0 Å². The Morgan fingerprint density at radius 3 is 2.56 bits per heavy atom. The van der Waals surface area contributed by atoms with Gasteiger partial charge in [0.2, 0.25) is 0 Å². The lowest BCUT2D eigenvalue weighted by molar-refractivity contribution is -0.163. The Balaban J connectivity index is 2.96. The summed E-state index contributed by atoms with van der Waals surface area (Å²) in [5.74, 6) is -6.61. The summed E-state index contributed by atoms with van der Waals surface area (Å²) in [6, 6.07) is 2.69. The van der Waals surface area contributed by atoms with Crippen molar-refractivity contribution in [1.82, 2.24) is 4.98 Å². The third-order valence-corrected chi connectivity index (χ3v) is 2.04. The number of carbonyl (C=O) groups excluding carboxylic acids is 1. The van der Waals surface area contributed by atoms with Gasteiger partial charge in [-0.3, -0.25) is 4.79 Å². The molecule has 0 radical (unpaired) electrons. The molecule has 100 valence electrons. The summed E-state index contributed by atoms with van der Waals surface area (Å²) in [5.41, 5.74) is -0.0622. The van der Waals surface area contributed by atoms with Gasteiger partial charge in [0, 0.05) is 20.3 Å². The highest BCUT2D eigenvalue weighted by Crippen LogP contribution is 2.27. The number of amides is 1. The molecule has 0 unspecified atom stereocenters. The topological polar surface area (TPSA) is 45.2 Å². The van der Waals surface area contributed by atoms with Crippen LogP contribution in [0, 0.1) is 0 Å². The van der Waals surface area contributed by atoms with E-state index in [1.807, 2.05) is 0 Å². The number of hydrogen-bond donors (Lipinski definition) is 1. The molecule has 0 aliphatic heterocycles. The minimum Gasteiger partial charge on any atom is -0.361 e. The molecule has 0 atom stereocenters. The zero-order valence-corrected chi connectivity index (χ0v) is 9.62. The van der Waals surface area contributed by atoms with E-state index >= 15 is 0 Å². The Morgan fingerprint density at radius 1 is 1.44 bits per heavy atom. The van der Waals surface area contributed by atoms with Gasteiger partial charge in [-0.15, -0.1) is 0 Å². The second kappa shape index (κ2) is 5.19. The van der Waals surface area contributed by atoms with Crippen molar-refractivity contribution < 1.29 is 22.4 Å². The highest BCUT2D eigenvalue weighted by Gasteiger charge is 2.49. The predicted octanol–water partition coefficient (Wildman–Crippen LogP) is 1.99. The fourth-order valence-electron chi connectivity index (χ4n) is 1.16. The van der Waals surface area contributed by atoms with Crippen molar-refractivity contribution >= 4 is 17.4 Å². The van der Waals surface area contributed by atoms with Crippen LogP contribution in [0.4, 0.5) is 29.1 Å². The average Bonchev–Trinajstić information content (AvgIpc) is 2.29. The molecule has 0 aromatic carbocycles. The van der Waals surface area contributed by atoms with Crippen molar-refractivity contribution in [3.63, 3.8) is 0 Å². The molecule has 0 spiro atoms. The molecule has 0 aliphatic rings. The average molecular weight is 265 g/mol. The summed E-state index contributed by atoms with van der Waals surface area (Å²) in [4.78, 5) is 16.4. The summed E-state index contributed by atoms with van der Waals surface area (Å²) < 4.78 is 49.5. The smallest absolute Gasteiger partial charge is 0.361 e. The Hall–Kier alpha value is -1.86. The molecular weight excluding hydrogens is 254 g/mol. The molecule has 1 aromatic heterocycles. The highest BCUT2D eigenvalue weighted by atomic mass is 19.3. The maximum atomic E-state index is 12.8. The van der Waals surface area contributed by atoms with Crippen LogP contribution in [-0.2, 0) is 4.79 Å². The molecular formula is C10H11F4N3O. The number of aromatic nitrogens is 1. The Kier molecular flexibility index (Phi) is 4.10. The van der Waals surface area contributed by atoms with E-state index in [4.69, 9.17) is 0 Å². The molecule has 0 saturated carbocycles. The lowest BCUT2D eigenvalue weighted by Crippen LogP contribution is -2.41. The number of alkyl halides is 4. The lowest BCUT2D eigenvalue weighted by Gasteiger charge is -2.19. The van der Waals surface area contributed by atoms with E-state index in [2.05, 4.69) is 4.98 Å². The summed E-state index contributed by atoms with van der Waals surface area (Å²) in [6.07, 6.45) is -2.67. The number of carbonyl (C=O) groups is 1. The fraction of sp³-hybridized carbons (Fsp3) is 0.400. The minimum atomic E-state index is -4.74. The van der Waals surface area contributed by atoms with Crippen LogP contribution < -0.4 is 10.2 Å². The molecule has 0 saturated heterocycles. The van der Waals surface area contributed by atoms with Crippen LogP contribution >= 0.6 is 0 Å². The molecule has 1 aromatic rings. The standard InChI is InChI=1S/C10H11F4N3O/c1-17(2)7-6(4-3-5-15-7)16-9(18)10(13,14)8(11)12/h3-5,8H,1-2H3,(H,16,18). The second-order valence-electron chi connectivity index (χ2n) is 3.65. The van der Waals surface area contributed by atoms with Gasteiger partial charge in [-0.1, -0.05) is 0 Å². The molecule has 1 heterocycles. The molecule has 8 heteroatoms. The zero-order chi connectivity index (χ0) is 13.9. The summed E-state index contributed by atoms with van der Waals surface area (Å²) in [5, 5.41) is 1.74. The molecule has 0 aliphatic carbocycles. The number of pyridine rings is 1. The number of nitrogens with zero attached hydrogens (tertiary/aromatic N) is 2. The van der Waals surface area contributed by atoms with E-state index in [0.29, 0.717) is 0 Å². The number of nitrogens with one attached hydrogen (secondary N) is 1. The first-order valence-corrected chi connectivity index (χ1v) is 4.86. The van der Waals surface area contributed by atoms with Gasteiger partial charge in [-0.05, 0) is 12.1 Å². The Bertz CT molecular complexity index is 437. The van der Waals surface area contributed by atoms with Crippen molar-refractivity contribution in [2.45, 2.75) is 12.3 Å². The lowest BCUT2D eigenvalue weighted by atomic mass is 10.3. The van der Waals surface area contributed by atoms with Crippen molar-refractivity contribution in [2.75, 3.05) is 24.3 Å². The second-order valence-corrected chi connectivity index (χ2v) is 3.65. The van der Waals surface area contributed by atoms with Crippen LogP contribution in [0.25, 0.3) is 0 Å². The van der Waals surface area contributed by atoms with Gasteiger partial charge in [0.05, 0.1) is 5.69 Å². The highest BCUT2D eigenvalue weighted by molar-refractivity contribution is 5.98. The third kappa shape index (κ3) is 2.88. The van der Waals surface area contributed by atoms with Gasteiger partial charge in [0.25, 0.3) is 0 Å². The summed E-state index contributed by atoms with van der Waals surface area (Å²) in [7, 11) is 3.15. The van der Waals surface area contributed by atoms with Gasteiger partial charge in [0.15, 0.2) is 5.82 Å². The molecule has 0 bridgehead atoms. The van der Waals surface area contributed by atoms with Crippen LogP contribution in [0.3, 0.4) is 0 Å². The molecule has 18 heavy (non-hydrogen) atoms. The summed E-state index contributed by atoms with van der Waals surface area (Å²) in [6.45, 7) is 0. The first-order valence-electron chi connectivity index (χ1n) is 4.86. The number of anilines is 2. The van der Waals surface area contributed by atoms with E-state index in [1.54, 1.807) is 19.4 Å². The van der Waals surface area contributed by atoms with E-state index < -0.39 is 18.3 Å². The van der Waals surface area contributed by atoms with Crippen LogP contribution in [-0.4, -0.2) is 37.3 Å². The predicted molar refractivity (Wildman–Crippen MR) is 58.1 cm³/mol. The van der Waals surface area contributed by atoms with E-state index in [1.165, 1.54) is 23.2 Å². The van der Waals surface area contributed by atoms with Gasteiger partial charge in [-0.25, -0.2) is 13.8 Å². The van der Waals surface area contributed by atoms with Crippen molar-refractivity contribution in [3.05, 3.63) is 18.3 Å². The molecule has 0 fully saturated rings. The maximum absolute atomic E-state index is 12.8. The van der Waals surface area contributed by atoms with Crippen molar-refractivity contribution in [1.29, 1.82) is 0 Å². The molecule has 1 amide bonds. The molecule has 4 nitrogen and oxygen atoms in total. The van der Waals surface area contributed by atoms with E-state index in [-0.39, 0.29) is 11.5 Å². The van der Waals surface area contributed by atoms with Gasteiger partial charge in [-0.2, -0.15) is 8.78 Å². The monoisotopic (exact) mass is 265 g/mol. The SMILES string of the molecule is CN(C)c1ncccc1NC(=O)C(F)(F)C(F)F.